The van der Waals surface area contributed by atoms with Gasteiger partial charge in [0.1, 0.15) is 6.04 Å². The van der Waals surface area contributed by atoms with Crippen molar-refractivity contribution in [2.75, 3.05) is 14.2 Å². The van der Waals surface area contributed by atoms with E-state index in [2.05, 4.69) is 5.32 Å². The molecule has 0 saturated heterocycles. The first kappa shape index (κ1) is 29.1. The molecule has 0 saturated carbocycles. The largest absolute Gasteiger partial charge is 0.493 e. The second-order valence-electron chi connectivity index (χ2n) is 9.36. The maximum Gasteiger partial charge on any atom is 0.243 e. The highest BCUT2D eigenvalue weighted by Gasteiger charge is 2.30. The highest BCUT2D eigenvalue weighted by atomic mass is 35.5. The Bertz CT molecular complexity index is 1200. The second-order valence-corrected chi connectivity index (χ2v) is 9.80. The van der Waals surface area contributed by atoms with Crippen LogP contribution in [0.5, 0.6) is 11.5 Å². The normalized spacial score (nSPS) is 12.3. The lowest BCUT2D eigenvalue weighted by atomic mass is 10.0. The summed E-state index contributed by atoms with van der Waals surface area (Å²) in [6.45, 7) is 4.27. The van der Waals surface area contributed by atoms with E-state index in [1.807, 2.05) is 80.6 Å². The average molecular weight is 537 g/mol. The van der Waals surface area contributed by atoms with Crippen LogP contribution in [0, 0.1) is 0 Å². The third-order valence-electron chi connectivity index (χ3n) is 6.59. The van der Waals surface area contributed by atoms with Crippen molar-refractivity contribution < 1.29 is 19.1 Å². The fourth-order valence-electron chi connectivity index (χ4n) is 4.26. The van der Waals surface area contributed by atoms with Gasteiger partial charge in [0.2, 0.25) is 11.8 Å². The Morgan fingerprint density at radius 2 is 1.61 bits per heavy atom. The summed E-state index contributed by atoms with van der Waals surface area (Å²) in [7, 11) is 3.18. The van der Waals surface area contributed by atoms with E-state index in [0.717, 1.165) is 23.1 Å². The maximum absolute atomic E-state index is 13.8. The van der Waals surface area contributed by atoms with Gasteiger partial charge in [0.15, 0.2) is 11.5 Å². The summed E-state index contributed by atoms with van der Waals surface area (Å²) in [5.41, 5.74) is 2.80. The van der Waals surface area contributed by atoms with E-state index >= 15 is 0 Å². The molecule has 3 aromatic carbocycles. The van der Waals surface area contributed by atoms with Crippen LogP contribution in [0.25, 0.3) is 0 Å². The lowest BCUT2D eigenvalue weighted by Gasteiger charge is -2.32. The summed E-state index contributed by atoms with van der Waals surface area (Å²) < 4.78 is 10.8. The van der Waals surface area contributed by atoms with Gasteiger partial charge in [0.25, 0.3) is 0 Å². The number of halogens is 1. The minimum absolute atomic E-state index is 0.00402. The first-order valence-electron chi connectivity index (χ1n) is 12.9. The van der Waals surface area contributed by atoms with E-state index in [4.69, 9.17) is 21.1 Å². The maximum atomic E-state index is 13.8. The molecule has 0 aliphatic rings. The van der Waals surface area contributed by atoms with Crippen LogP contribution in [0.2, 0.25) is 5.02 Å². The third kappa shape index (κ3) is 8.25. The minimum atomic E-state index is -0.678. The van der Waals surface area contributed by atoms with Crippen LogP contribution in [-0.4, -0.2) is 43.0 Å². The average Bonchev–Trinajstić information content (AvgIpc) is 2.93. The lowest BCUT2D eigenvalue weighted by Crippen LogP contribution is -2.52. The number of benzene rings is 3. The predicted molar refractivity (Wildman–Crippen MR) is 152 cm³/mol. The summed E-state index contributed by atoms with van der Waals surface area (Å²) >= 11 is 6.26. The molecule has 7 heteroatoms. The summed E-state index contributed by atoms with van der Waals surface area (Å²) in [6, 6.07) is 22.2. The Morgan fingerprint density at radius 3 is 2.26 bits per heavy atom. The van der Waals surface area contributed by atoms with E-state index in [1.165, 1.54) is 0 Å². The molecule has 2 atom stereocenters. The zero-order valence-electron chi connectivity index (χ0n) is 22.6. The van der Waals surface area contributed by atoms with Crippen molar-refractivity contribution in [3.05, 3.63) is 94.5 Å². The van der Waals surface area contributed by atoms with Gasteiger partial charge in [0.05, 0.1) is 14.2 Å². The quantitative estimate of drug-likeness (QED) is 0.298. The zero-order chi connectivity index (χ0) is 27.5. The molecule has 3 rings (SSSR count). The van der Waals surface area contributed by atoms with E-state index in [0.29, 0.717) is 29.4 Å². The van der Waals surface area contributed by atoms with E-state index < -0.39 is 6.04 Å². The summed E-state index contributed by atoms with van der Waals surface area (Å²) in [5, 5.41) is 3.68. The highest BCUT2D eigenvalue weighted by Crippen LogP contribution is 2.28. The topological polar surface area (TPSA) is 67.9 Å². The third-order valence-corrected chi connectivity index (χ3v) is 6.82. The van der Waals surface area contributed by atoms with Crippen molar-refractivity contribution in [2.45, 2.75) is 58.2 Å². The number of rotatable bonds is 13. The van der Waals surface area contributed by atoms with Gasteiger partial charge in [-0.3, -0.25) is 9.59 Å². The van der Waals surface area contributed by atoms with Crippen LogP contribution >= 0.6 is 11.6 Å². The number of hydrogen-bond donors (Lipinski definition) is 1. The van der Waals surface area contributed by atoms with E-state index in [1.54, 1.807) is 25.2 Å². The van der Waals surface area contributed by atoms with Crippen LogP contribution in [0.15, 0.2) is 72.8 Å². The van der Waals surface area contributed by atoms with Crippen LogP contribution in [0.1, 0.15) is 43.4 Å². The van der Waals surface area contributed by atoms with Gasteiger partial charge >= 0.3 is 0 Å². The Balaban J connectivity index is 1.91. The molecular formula is C31H37ClN2O4. The SMILES string of the molecule is CC[C@@H](C)NC(=O)[C@H](Cc1ccccc1)N(Cc1cccc(Cl)c1)C(=O)CCc1ccc(OC)c(OC)c1. The Hall–Kier alpha value is -3.51. The first-order valence-corrected chi connectivity index (χ1v) is 13.3. The smallest absolute Gasteiger partial charge is 0.243 e. The number of nitrogens with one attached hydrogen (secondary N) is 1. The van der Waals surface area contributed by atoms with Crippen molar-refractivity contribution in [1.29, 1.82) is 0 Å². The standard InChI is InChI=1S/C31H37ClN2O4/c1-5-22(2)33-31(36)27(19-23-10-7-6-8-11-23)34(21-25-12-9-13-26(32)18-25)30(35)17-15-24-14-16-28(37-3)29(20-24)38-4/h6-14,16,18,20,22,27H,5,15,17,19,21H2,1-4H3,(H,33,36)/t22-,27+/m1/s1. The number of carbonyl (C=O) groups excluding carboxylic acids is 2. The van der Waals surface area contributed by atoms with Crippen LogP contribution in [0.4, 0.5) is 0 Å². The Morgan fingerprint density at radius 1 is 0.895 bits per heavy atom. The molecule has 38 heavy (non-hydrogen) atoms. The van der Waals surface area contributed by atoms with Crippen LogP contribution < -0.4 is 14.8 Å². The van der Waals surface area contributed by atoms with Crippen molar-refractivity contribution in [3.63, 3.8) is 0 Å². The molecule has 1 N–H and O–H groups in total. The highest BCUT2D eigenvalue weighted by molar-refractivity contribution is 6.30. The molecule has 0 aliphatic heterocycles. The number of amides is 2. The molecule has 0 radical (unpaired) electrons. The molecule has 0 heterocycles. The van der Waals surface area contributed by atoms with Gasteiger partial charge in [0, 0.05) is 30.5 Å². The van der Waals surface area contributed by atoms with Gasteiger partial charge in [-0.1, -0.05) is 67.1 Å². The molecule has 0 bridgehead atoms. The molecule has 0 fully saturated rings. The van der Waals surface area contributed by atoms with E-state index in [9.17, 15) is 9.59 Å². The first-order chi connectivity index (χ1) is 18.3. The fraction of sp³-hybridized carbons (Fsp3) is 0.355. The van der Waals surface area contributed by atoms with Gasteiger partial charge in [-0.15, -0.1) is 0 Å². The molecule has 0 aliphatic carbocycles. The molecule has 0 spiro atoms. The van der Waals surface area contributed by atoms with Crippen molar-refractivity contribution in [2.24, 2.45) is 0 Å². The molecule has 3 aromatic rings. The van der Waals surface area contributed by atoms with Gasteiger partial charge in [-0.05, 0) is 60.7 Å². The number of nitrogens with zero attached hydrogens (tertiary/aromatic N) is 1. The Kier molecular flexibility index (Phi) is 11.0. The summed E-state index contributed by atoms with van der Waals surface area (Å²) in [4.78, 5) is 29.1. The fourth-order valence-corrected chi connectivity index (χ4v) is 4.47. The number of carbonyl (C=O) groups is 2. The summed E-state index contributed by atoms with van der Waals surface area (Å²) in [6.07, 6.45) is 1.94. The lowest BCUT2D eigenvalue weighted by molar-refractivity contribution is -0.141. The predicted octanol–water partition coefficient (Wildman–Crippen LogP) is 5.84. The summed E-state index contributed by atoms with van der Waals surface area (Å²) in [5.74, 6) is 0.975. The van der Waals surface area contributed by atoms with Crippen molar-refractivity contribution in [3.8, 4) is 11.5 Å². The van der Waals surface area contributed by atoms with Gasteiger partial charge < -0.3 is 19.7 Å². The molecular weight excluding hydrogens is 500 g/mol. The molecule has 6 nitrogen and oxygen atoms in total. The number of methoxy groups -OCH3 is 2. The van der Waals surface area contributed by atoms with Crippen molar-refractivity contribution in [1.82, 2.24) is 10.2 Å². The van der Waals surface area contributed by atoms with Crippen LogP contribution in [-0.2, 0) is 29.0 Å². The molecule has 202 valence electrons. The molecule has 0 aromatic heterocycles. The number of hydrogen-bond acceptors (Lipinski definition) is 4. The second kappa shape index (κ2) is 14.4. The van der Waals surface area contributed by atoms with E-state index in [-0.39, 0.29) is 30.8 Å². The molecule has 2 amide bonds. The minimum Gasteiger partial charge on any atom is -0.493 e. The van der Waals surface area contributed by atoms with Crippen molar-refractivity contribution >= 4 is 23.4 Å². The van der Waals surface area contributed by atoms with Crippen LogP contribution in [0.3, 0.4) is 0 Å². The van der Waals surface area contributed by atoms with Gasteiger partial charge in [-0.25, -0.2) is 0 Å². The zero-order valence-corrected chi connectivity index (χ0v) is 23.3. The Labute approximate surface area is 230 Å². The molecule has 0 unspecified atom stereocenters. The monoisotopic (exact) mass is 536 g/mol. The van der Waals surface area contributed by atoms with Gasteiger partial charge in [-0.2, -0.15) is 0 Å². The number of ether oxygens (including phenoxy) is 2. The number of aryl methyl sites for hydroxylation is 1.